The lowest BCUT2D eigenvalue weighted by molar-refractivity contribution is -0.125. The lowest BCUT2D eigenvalue weighted by atomic mass is 9.67. The molecule has 0 saturated carbocycles. The van der Waals surface area contributed by atoms with Gasteiger partial charge in [-0.15, -0.1) is 0 Å². The molecular weight excluding hydrogens is 713 g/mol. The molecule has 2 unspecified atom stereocenters. The topological polar surface area (TPSA) is 92.3 Å². The summed E-state index contributed by atoms with van der Waals surface area (Å²) in [6.45, 7) is 17.1. The molecule has 2 amide bonds. The number of hydrogen-bond donors (Lipinski definition) is 2. The zero-order chi connectivity index (χ0) is 40.0. The second-order valence-corrected chi connectivity index (χ2v) is 29.3. The normalized spacial score (nSPS) is 14.3. The number of carbonyl (C=O) groups is 4. The lowest BCUT2D eigenvalue weighted by Crippen LogP contribution is -2.29. The smallest absolute Gasteiger partial charge is 0.227 e. The number of Topliss-reactive ketones (excluding diaryl/α,β-unsaturated/α-hetero) is 2. The van der Waals surface area contributed by atoms with Gasteiger partial charge in [0.2, 0.25) is 11.8 Å². The second-order valence-electron chi connectivity index (χ2n) is 18.1. The molecule has 0 bridgehead atoms. The third-order valence-electron chi connectivity index (χ3n) is 10.9. The number of fused-ring (bicyclic) bond motifs is 3. The third kappa shape index (κ3) is 10.5. The highest BCUT2D eigenvalue weighted by atomic mass is 28.3. The number of nitrogens with one attached hydrogen (secondary N) is 2. The number of hydrogen-bond acceptors (Lipinski definition) is 4. The molecule has 0 heterocycles. The molecule has 4 aromatic carbocycles. The van der Waals surface area contributed by atoms with Gasteiger partial charge in [0.05, 0.1) is 5.41 Å². The summed E-state index contributed by atoms with van der Waals surface area (Å²) in [6, 6.07) is 35.6. The molecule has 2 atom stereocenters. The van der Waals surface area contributed by atoms with E-state index in [4.69, 9.17) is 0 Å². The van der Waals surface area contributed by atoms with Crippen LogP contribution in [0.25, 0.3) is 11.1 Å². The Balaban J connectivity index is 1.46. The highest BCUT2D eigenvalue weighted by Crippen LogP contribution is 2.56. The molecule has 0 aromatic heterocycles. The van der Waals surface area contributed by atoms with Gasteiger partial charge in [-0.3, -0.25) is 9.59 Å². The van der Waals surface area contributed by atoms with Crippen molar-refractivity contribution in [2.24, 2.45) is 11.8 Å². The van der Waals surface area contributed by atoms with Crippen LogP contribution in [0.4, 0.5) is 11.4 Å². The molecule has 0 radical (unpaired) electrons. The number of ketones is 2. The van der Waals surface area contributed by atoms with Gasteiger partial charge < -0.3 is 20.2 Å². The molecule has 6 nitrogen and oxygen atoms in total. The minimum Gasteiger partial charge on any atom is -0.326 e. The maximum atomic E-state index is 13.6. The van der Waals surface area contributed by atoms with E-state index in [-0.39, 0.29) is 48.1 Å². The molecule has 1 aliphatic rings. The van der Waals surface area contributed by atoms with E-state index >= 15 is 0 Å². The predicted molar refractivity (Wildman–Crippen MR) is 233 cm³/mol. The monoisotopic (exact) mass is 772 g/mol. The first-order valence-corrected chi connectivity index (χ1v) is 27.4. The van der Waals surface area contributed by atoms with Crippen LogP contribution in [-0.4, -0.2) is 39.5 Å². The summed E-state index contributed by atoms with van der Waals surface area (Å²) in [6.07, 6.45) is 3.80. The van der Waals surface area contributed by atoms with Crippen LogP contribution in [0, 0.1) is 11.8 Å². The maximum Gasteiger partial charge on any atom is 0.227 e. The number of rotatable bonds is 18. The fourth-order valence-corrected chi connectivity index (χ4v) is 10.8. The molecule has 0 aliphatic heterocycles. The van der Waals surface area contributed by atoms with Crippen LogP contribution in [0.5, 0.6) is 0 Å². The van der Waals surface area contributed by atoms with E-state index in [1.165, 1.54) is 11.1 Å². The quantitative estimate of drug-likeness (QED) is 0.0868. The Kier molecular flexibility index (Phi) is 13.4. The van der Waals surface area contributed by atoms with E-state index in [9.17, 15) is 19.2 Å². The first kappa shape index (κ1) is 41.8. The van der Waals surface area contributed by atoms with Crippen LogP contribution in [0.1, 0.15) is 74.6 Å². The van der Waals surface area contributed by atoms with Gasteiger partial charge in [-0.1, -0.05) is 137 Å². The highest BCUT2D eigenvalue weighted by Gasteiger charge is 2.46. The molecule has 1 aliphatic carbocycles. The van der Waals surface area contributed by atoms with Crippen molar-refractivity contribution in [1.82, 2.24) is 0 Å². The van der Waals surface area contributed by atoms with E-state index in [1.807, 2.05) is 24.3 Å². The Morgan fingerprint density at radius 1 is 0.527 bits per heavy atom. The Labute approximate surface area is 330 Å². The summed E-state index contributed by atoms with van der Waals surface area (Å²) in [5.41, 5.74) is 7.52. The van der Waals surface area contributed by atoms with Gasteiger partial charge in [0, 0.05) is 52.2 Å². The number of benzene rings is 4. The fraction of sp³-hybridized carbons (Fsp3) is 0.404. The van der Waals surface area contributed by atoms with Gasteiger partial charge >= 0.3 is 0 Å². The van der Waals surface area contributed by atoms with Crippen molar-refractivity contribution in [2.75, 3.05) is 10.6 Å². The van der Waals surface area contributed by atoms with E-state index < -0.39 is 21.6 Å². The van der Waals surface area contributed by atoms with Crippen molar-refractivity contribution in [1.29, 1.82) is 0 Å². The fourth-order valence-electron chi connectivity index (χ4n) is 8.22. The van der Waals surface area contributed by atoms with E-state index in [0.29, 0.717) is 24.2 Å². The summed E-state index contributed by atoms with van der Waals surface area (Å²) in [5, 5.41) is 6.26. The number of amides is 2. The van der Waals surface area contributed by atoms with Gasteiger partial charge in [0.25, 0.3) is 0 Å². The van der Waals surface area contributed by atoms with Crippen LogP contribution < -0.4 is 10.6 Å². The number of carbonyl (C=O) groups excluding carboxylic acids is 4. The molecule has 290 valence electrons. The zero-order valence-corrected chi connectivity index (χ0v) is 36.2. The van der Waals surface area contributed by atoms with E-state index in [2.05, 4.69) is 123 Å². The second kappa shape index (κ2) is 17.6. The Morgan fingerprint density at radius 3 is 1.20 bits per heavy atom. The summed E-state index contributed by atoms with van der Waals surface area (Å²) in [5.74, 6) is -0.857. The van der Waals surface area contributed by atoms with Crippen LogP contribution in [0.2, 0.25) is 51.4 Å². The van der Waals surface area contributed by atoms with Gasteiger partial charge in [-0.2, -0.15) is 0 Å². The third-order valence-corrected chi connectivity index (χ3v) is 14.6. The molecule has 55 heavy (non-hydrogen) atoms. The molecule has 8 heteroatoms. The van der Waals surface area contributed by atoms with Gasteiger partial charge in [-0.05, 0) is 84.3 Å². The average Bonchev–Trinajstić information content (AvgIpc) is 3.41. The minimum atomic E-state index is -1.25. The van der Waals surface area contributed by atoms with E-state index in [0.717, 1.165) is 47.2 Å². The van der Waals surface area contributed by atoms with Crippen molar-refractivity contribution in [3.63, 3.8) is 0 Å². The van der Waals surface area contributed by atoms with Gasteiger partial charge in [-0.25, -0.2) is 0 Å². The van der Waals surface area contributed by atoms with Crippen molar-refractivity contribution in [3.05, 3.63) is 119 Å². The maximum absolute atomic E-state index is 13.6. The standard InChI is InChI=1S/C47H60N2O4Si2/c1-33(50)31-35(15-13-29-54(3,4)5)45(52)48-39-25-21-37(22-26-39)47(43-19-11-9-17-41(43)42-18-10-12-20-44(42)47)38-23-27-40(28-24-38)49-46(53)36(32-34(2)51)16-14-30-55(6,7)8/h9-12,17-28,35-36H,13-16,29-32H2,1-8H3,(H,48,52)(H,49,53). The van der Waals surface area contributed by atoms with Crippen molar-refractivity contribution in [2.45, 2.75) is 109 Å². The molecule has 2 N–H and O–H groups in total. The first-order chi connectivity index (χ1) is 26.0. The summed E-state index contributed by atoms with van der Waals surface area (Å²) >= 11 is 0. The summed E-state index contributed by atoms with van der Waals surface area (Å²) in [7, 11) is -2.51. The van der Waals surface area contributed by atoms with Crippen LogP contribution in [0.15, 0.2) is 97.1 Å². The van der Waals surface area contributed by atoms with Crippen LogP contribution in [0.3, 0.4) is 0 Å². The summed E-state index contributed by atoms with van der Waals surface area (Å²) < 4.78 is 0. The average molecular weight is 773 g/mol. The largest absolute Gasteiger partial charge is 0.326 e. The number of anilines is 2. The molecule has 5 rings (SSSR count). The molecular formula is C47H60N2O4Si2. The van der Waals surface area contributed by atoms with Crippen molar-refractivity contribution < 1.29 is 19.2 Å². The molecule has 0 fully saturated rings. The predicted octanol–water partition coefficient (Wildman–Crippen LogP) is 11.4. The van der Waals surface area contributed by atoms with Crippen LogP contribution >= 0.6 is 0 Å². The van der Waals surface area contributed by atoms with Crippen molar-refractivity contribution in [3.8, 4) is 11.1 Å². The lowest BCUT2D eigenvalue weighted by Gasteiger charge is -2.34. The molecule has 0 spiro atoms. The Bertz CT molecular complexity index is 1850. The molecule has 0 saturated heterocycles. The highest BCUT2D eigenvalue weighted by molar-refractivity contribution is 6.76. The van der Waals surface area contributed by atoms with Crippen molar-refractivity contribution >= 4 is 50.9 Å². The zero-order valence-electron chi connectivity index (χ0n) is 34.2. The van der Waals surface area contributed by atoms with E-state index in [1.54, 1.807) is 13.8 Å². The Morgan fingerprint density at radius 2 is 0.873 bits per heavy atom. The SMILES string of the molecule is CC(=O)CC(CCC[Si](C)(C)C)C(=O)Nc1ccc(C2(c3ccc(NC(=O)C(CCC[Si](C)(C)C)CC(C)=O)cc3)c3ccccc3-c3ccccc32)cc1. The summed E-state index contributed by atoms with van der Waals surface area (Å²) in [4.78, 5) is 51.4. The molecule has 4 aromatic rings. The minimum absolute atomic E-state index is 0.0305. The Hall–Kier alpha value is -4.41. The van der Waals surface area contributed by atoms with Gasteiger partial charge in [0.15, 0.2) is 0 Å². The first-order valence-electron chi connectivity index (χ1n) is 20.0. The van der Waals surface area contributed by atoms with Crippen LogP contribution in [-0.2, 0) is 24.6 Å². The van der Waals surface area contributed by atoms with Gasteiger partial charge in [0.1, 0.15) is 11.6 Å².